The molecule has 0 amide bonds. The van der Waals surface area contributed by atoms with Gasteiger partial charge in [0.2, 0.25) is 0 Å². The number of ketones is 1. The quantitative estimate of drug-likeness (QED) is 0.596. The summed E-state index contributed by atoms with van der Waals surface area (Å²) in [6, 6.07) is 6.10. The average molecular weight is 380 g/mol. The minimum atomic E-state index is -4.23. The molecule has 1 aromatic carbocycles. The summed E-state index contributed by atoms with van der Waals surface area (Å²) in [4.78, 5) is 12.4. The van der Waals surface area contributed by atoms with Crippen LogP contribution in [0.4, 0.5) is 13.2 Å². The largest absolute Gasteiger partial charge is 0.445 e. The van der Waals surface area contributed by atoms with Gasteiger partial charge in [-0.15, -0.1) is 0 Å². The van der Waals surface area contributed by atoms with Crippen LogP contribution in [0.5, 0.6) is 0 Å². The van der Waals surface area contributed by atoms with E-state index in [4.69, 9.17) is 0 Å². The molecule has 5 heteroatoms. The Morgan fingerprint density at radius 2 is 2.00 bits per heavy atom. The van der Waals surface area contributed by atoms with Gasteiger partial charge in [0.25, 0.3) is 0 Å². The van der Waals surface area contributed by atoms with E-state index in [0.29, 0.717) is 23.5 Å². The second-order valence-electron chi connectivity index (χ2n) is 8.16. The first-order valence-corrected chi connectivity index (χ1v) is 10.2. The Morgan fingerprint density at radius 3 is 2.77 bits per heavy atom. The smallest absolute Gasteiger partial charge is 0.299 e. The third-order valence-corrected chi connectivity index (χ3v) is 7.46. The van der Waals surface area contributed by atoms with Gasteiger partial charge in [0.05, 0.1) is 0 Å². The highest BCUT2D eigenvalue weighted by Gasteiger charge is 2.54. The van der Waals surface area contributed by atoms with Gasteiger partial charge in [0.15, 0.2) is 0 Å². The zero-order valence-corrected chi connectivity index (χ0v) is 15.6. The molecular weight excluding hydrogens is 357 g/mol. The van der Waals surface area contributed by atoms with E-state index in [1.807, 2.05) is 12.1 Å². The summed E-state index contributed by atoms with van der Waals surface area (Å²) in [6.07, 6.45) is 7.38. The molecule has 2 fully saturated rings. The SMILES string of the molecule is C[C@]12CC[C@@H]3c4ccc(/C=C/SC(F)(F)F)cc4CC[C@H]3[C@@H]1CCC2=O. The molecule has 0 N–H and O–H groups in total. The fraction of sp³-hybridized carbons (Fsp3) is 0.571. The predicted molar refractivity (Wildman–Crippen MR) is 98.7 cm³/mol. The lowest BCUT2D eigenvalue weighted by atomic mass is 9.55. The molecule has 140 valence electrons. The number of aryl methyl sites for hydroxylation is 1. The highest BCUT2D eigenvalue weighted by Crippen LogP contribution is 2.59. The first-order valence-electron chi connectivity index (χ1n) is 9.35. The molecule has 1 nitrogen and oxygen atoms in total. The lowest BCUT2D eigenvalue weighted by Crippen LogP contribution is -2.42. The molecule has 4 atom stereocenters. The molecule has 0 radical (unpaired) electrons. The van der Waals surface area contributed by atoms with Gasteiger partial charge in [-0.25, -0.2) is 0 Å². The van der Waals surface area contributed by atoms with Crippen molar-refractivity contribution in [1.29, 1.82) is 0 Å². The van der Waals surface area contributed by atoms with Gasteiger partial charge < -0.3 is 0 Å². The standard InChI is InChI=1S/C21H23F3OS/c1-20-10-8-16-15-4-2-13(9-11-26-21(22,23)24)12-14(15)3-5-17(16)18(20)6-7-19(20)25/h2,4,9,11-12,16-18H,3,5-8,10H2,1H3/b11-9+/t16-,17-,18+,20+/m1/s1. The topological polar surface area (TPSA) is 17.1 Å². The van der Waals surface area contributed by atoms with Crippen LogP contribution in [0.3, 0.4) is 0 Å². The van der Waals surface area contributed by atoms with E-state index in [2.05, 4.69) is 13.0 Å². The fourth-order valence-corrected chi connectivity index (χ4v) is 6.05. The van der Waals surface area contributed by atoms with Crippen molar-refractivity contribution in [1.82, 2.24) is 0 Å². The minimum absolute atomic E-state index is 0.115. The summed E-state index contributed by atoms with van der Waals surface area (Å²) in [5.74, 6) is 2.04. The second kappa shape index (κ2) is 6.43. The Bertz CT molecular complexity index is 754. The third-order valence-electron chi connectivity index (χ3n) is 6.92. The van der Waals surface area contributed by atoms with Gasteiger partial charge in [0.1, 0.15) is 5.78 Å². The average Bonchev–Trinajstić information content (AvgIpc) is 2.88. The molecule has 0 bridgehead atoms. The lowest BCUT2D eigenvalue weighted by molar-refractivity contribution is -0.129. The predicted octanol–water partition coefficient (Wildman–Crippen LogP) is 6.34. The van der Waals surface area contributed by atoms with Crippen molar-refractivity contribution in [3.63, 3.8) is 0 Å². The molecule has 26 heavy (non-hydrogen) atoms. The van der Waals surface area contributed by atoms with Crippen LogP contribution in [-0.4, -0.2) is 11.3 Å². The molecule has 0 aliphatic heterocycles. The summed E-state index contributed by atoms with van der Waals surface area (Å²) in [5.41, 5.74) is -0.876. The number of Topliss-reactive ketones (excluding diaryl/α,β-unsaturated/α-hetero) is 1. The van der Waals surface area contributed by atoms with Crippen LogP contribution >= 0.6 is 11.8 Å². The first-order chi connectivity index (χ1) is 12.3. The summed E-state index contributed by atoms with van der Waals surface area (Å²) >= 11 is -0.118. The molecular formula is C21H23F3OS. The lowest BCUT2D eigenvalue weighted by Gasteiger charge is -2.48. The van der Waals surface area contributed by atoms with E-state index in [9.17, 15) is 18.0 Å². The number of halogens is 3. The Labute approximate surface area is 156 Å². The Kier molecular flexibility index (Phi) is 4.49. The number of benzene rings is 1. The highest BCUT2D eigenvalue weighted by molar-refractivity contribution is 8.03. The normalized spacial score (nSPS) is 33.8. The molecule has 3 aliphatic carbocycles. The first kappa shape index (κ1) is 18.1. The Balaban J connectivity index is 1.55. The van der Waals surface area contributed by atoms with Gasteiger partial charge >= 0.3 is 5.51 Å². The number of fused-ring (bicyclic) bond motifs is 5. The van der Waals surface area contributed by atoms with Gasteiger partial charge in [0, 0.05) is 11.8 Å². The van der Waals surface area contributed by atoms with Crippen LogP contribution in [-0.2, 0) is 11.2 Å². The molecule has 0 unspecified atom stereocenters. The molecule has 3 aliphatic rings. The molecule has 0 saturated heterocycles. The van der Waals surface area contributed by atoms with Crippen molar-refractivity contribution in [3.05, 3.63) is 40.3 Å². The fourth-order valence-electron chi connectivity index (χ4n) is 5.67. The van der Waals surface area contributed by atoms with Crippen LogP contribution in [0.1, 0.15) is 61.6 Å². The van der Waals surface area contributed by atoms with Crippen molar-refractivity contribution in [2.75, 3.05) is 0 Å². The monoisotopic (exact) mass is 380 g/mol. The van der Waals surface area contributed by atoms with E-state index >= 15 is 0 Å². The molecule has 0 spiro atoms. The van der Waals surface area contributed by atoms with Crippen LogP contribution < -0.4 is 0 Å². The van der Waals surface area contributed by atoms with Crippen molar-refractivity contribution in [3.8, 4) is 0 Å². The number of carbonyl (C=O) groups is 1. The maximum absolute atomic E-state index is 12.4. The molecule has 2 saturated carbocycles. The minimum Gasteiger partial charge on any atom is -0.299 e. The number of hydrogen-bond donors (Lipinski definition) is 0. The van der Waals surface area contributed by atoms with Crippen molar-refractivity contribution in [2.45, 2.75) is 56.9 Å². The van der Waals surface area contributed by atoms with E-state index in [1.165, 1.54) is 17.2 Å². The number of alkyl halides is 3. The van der Waals surface area contributed by atoms with Crippen molar-refractivity contribution >= 4 is 23.6 Å². The van der Waals surface area contributed by atoms with Crippen molar-refractivity contribution < 1.29 is 18.0 Å². The Morgan fingerprint density at radius 1 is 1.19 bits per heavy atom. The molecule has 1 aromatic rings. The van der Waals surface area contributed by atoms with E-state index in [1.54, 1.807) is 0 Å². The van der Waals surface area contributed by atoms with E-state index < -0.39 is 5.51 Å². The Hall–Kier alpha value is -1.23. The van der Waals surface area contributed by atoms with Crippen LogP contribution in [0, 0.1) is 17.3 Å². The maximum atomic E-state index is 12.4. The zero-order valence-electron chi connectivity index (χ0n) is 14.8. The number of thioether (sulfide) groups is 1. The summed E-state index contributed by atoms with van der Waals surface area (Å²) < 4.78 is 36.8. The summed E-state index contributed by atoms with van der Waals surface area (Å²) in [7, 11) is 0. The van der Waals surface area contributed by atoms with Crippen LogP contribution in [0.25, 0.3) is 6.08 Å². The van der Waals surface area contributed by atoms with Crippen LogP contribution in [0.2, 0.25) is 0 Å². The van der Waals surface area contributed by atoms with Gasteiger partial charge in [-0.2, -0.15) is 13.2 Å². The zero-order chi connectivity index (χ0) is 18.5. The maximum Gasteiger partial charge on any atom is 0.445 e. The van der Waals surface area contributed by atoms with E-state index in [-0.39, 0.29) is 17.2 Å². The molecule has 0 aromatic heterocycles. The summed E-state index contributed by atoms with van der Waals surface area (Å²) in [5, 5.41) is 1.11. The number of hydrogen-bond acceptors (Lipinski definition) is 2. The molecule has 0 heterocycles. The van der Waals surface area contributed by atoms with Gasteiger partial charge in [-0.3, -0.25) is 4.79 Å². The van der Waals surface area contributed by atoms with E-state index in [0.717, 1.165) is 49.5 Å². The molecule has 4 rings (SSSR count). The summed E-state index contributed by atoms with van der Waals surface area (Å²) in [6.45, 7) is 2.17. The third kappa shape index (κ3) is 3.12. The number of carbonyl (C=O) groups excluding carboxylic acids is 1. The van der Waals surface area contributed by atoms with Gasteiger partial charge in [-0.1, -0.05) is 25.1 Å². The van der Waals surface area contributed by atoms with Crippen molar-refractivity contribution in [2.24, 2.45) is 17.3 Å². The van der Waals surface area contributed by atoms with Gasteiger partial charge in [-0.05, 0) is 89.8 Å². The van der Waals surface area contributed by atoms with Crippen LogP contribution in [0.15, 0.2) is 23.6 Å². The highest BCUT2D eigenvalue weighted by atomic mass is 32.2. The second-order valence-corrected chi connectivity index (χ2v) is 9.13. The number of rotatable bonds is 2.